The first-order valence-corrected chi connectivity index (χ1v) is 6.60. The summed E-state index contributed by atoms with van der Waals surface area (Å²) in [6.45, 7) is 0. The van der Waals surface area contributed by atoms with Crippen molar-refractivity contribution in [3.63, 3.8) is 0 Å². The van der Waals surface area contributed by atoms with Gasteiger partial charge in [0.15, 0.2) is 0 Å². The zero-order valence-corrected chi connectivity index (χ0v) is 10.7. The van der Waals surface area contributed by atoms with Crippen LogP contribution >= 0.6 is 0 Å². The average Bonchev–Trinajstić information content (AvgIpc) is 2.40. The van der Waals surface area contributed by atoms with Crippen LogP contribution in [0.4, 0.5) is 11.4 Å². The molecule has 2 rings (SSSR count). The van der Waals surface area contributed by atoms with Gasteiger partial charge in [-0.1, -0.05) is 18.2 Å². The number of rotatable bonds is 4. The minimum absolute atomic E-state index is 0.233. The first-order chi connectivity index (χ1) is 9.15. The summed E-state index contributed by atoms with van der Waals surface area (Å²) in [4.78, 5) is 11.9. The first-order valence-electron chi connectivity index (χ1n) is 5.49. The molecule has 19 heavy (non-hydrogen) atoms. The third-order valence-electron chi connectivity index (χ3n) is 2.38. The molecule has 5 nitrogen and oxygen atoms in total. The van der Waals surface area contributed by atoms with Crippen molar-refractivity contribution in [2.75, 3.05) is 10.0 Å². The molecule has 0 spiro atoms. The van der Waals surface area contributed by atoms with E-state index >= 15 is 0 Å². The summed E-state index contributed by atoms with van der Waals surface area (Å²) in [5, 5.41) is 2.75. The molecule has 0 aromatic heterocycles. The van der Waals surface area contributed by atoms with Crippen LogP contribution in [0.1, 0.15) is 10.4 Å². The fourth-order valence-corrected chi connectivity index (χ4v) is 1.85. The van der Waals surface area contributed by atoms with Gasteiger partial charge in [-0.3, -0.25) is 14.1 Å². The molecule has 0 radical (unpaired) electrons. The highest BCUT2D eigenvalue weighted by Gasteiger charge is 2.05. The Balaban J connectivity index is 2.05. The Labute approximate surface area is 113 Å². The Hall–Kier alpha value is -2.18. The molecule has 6 heteroatoms. The number of nitrogens with one attached hydrogen (secondary N) is 2. The molecule has 0 aliphatic carbocycles. The van der Waals surface area contributed by atoms with Gasteiger partial charge in [0.25, 0.3) is 17.2 Å². The van der Waals surface area contributed by atoms with Crippen LogP contribution in [0.5, 0.6) is 0 Å². The summed E-state index contributed by atoms with van der Waals surface area (Å²) in [6, 6.07) is 15.4. The maximum Gasteiger partial charge on any atom is 0.259 e. The monoisotopic (exact) mass is 276 g/mol. The number of amides is 1. The topological polar surface area (TPSA) is 78.4 Å². The lowest BCUT2D eigenvalue weighted by atomic mass is 10.2. The largest absolute Gasteiger partial charge is 0.322 e. The molecule has 0 saturated heterocycles. The molecule has 2 aromatic carbocycles. The number of carbonyl (C=O) groups excluding carboxylic acids is 1. The molecule has 1 atom stereocenters. The maximum absolute atomic E-state index is 11.9. The lowest BCUT2D eigenvalue weighted by Crippen LogP contribution is -2.11. The fourth-order valence-electron chi connectivity index (χ4n) is 1.52. The summed E-state index contributed by atoms with van der Waals surface area (Å²) in [5.74, 6) is -0.233. The van der Waals surface area contributed by atoms with Crippen LogP contribution in [0.3, 0.4) is 0 Å². The van der Waals surface area contributed by atoms with E-state index in [0.29, 0.717) is 16.9 Å². The van der Waals surface area contributed by atoms with Crippen LogP contribution in [-0.4, -0.2) is 14.7 Å². The van der Waals surface area contributed by atoms with Crippen molar-refractivity contribution in [1.29, 1.82) is 0 Å². The Kier molecular flexibility index (Phi) is 4.27. The summed E-state index contributed by atoms with van der Waals surface area (Å²) >= 11 is -2.12. The summed E-state index contributed by atoms with van der Waals surface area (Å²) < 4.78 is 21.5. The normalized spacial score (nSPS) is 11.6. The Bertz CT molecular complexity index is 585. The lowest BCUT2D eigenvalue weighted by molar-refractivity contribution is 0.102. The molecule has 0 aliphatic rings. The van der Waals surface area contributed by atoms with Gasteiger partial charge < -0.3 is 5.32 Å². The molecular weight excluding hydrogens is 264 g/mol. The van der Waals surface area contributed by atoms with E-state index in [1.807, 2.05) is 18.2 Å². The molecular formula is C13H12N2O3S. The van der Waals surface area contributed by atoms with Crippen molar-refractivity contribution in [2.24, 2.45) is 0 Å². The molecule has 1 amide bonds. The number of carbonyl (C=O) groups is 1. The lowest BCUT2D eigenvalue weighted by Gasteiger charge is -2.06. The molecule has 0 bridgehead atoms. The van der Waals surface area contributed by atoms with Gasteiger partial charge in [-0.25, -0.2) is 4.21 Å². The first kappa shape index (κ1) is 13.3. The SMILES string of the molecule is O=C(Nc1ccccc1)c1ccc(NS(=O)O)cc1. The van der Waals surface area contributed by atoms with Crippen LogP contribution in [0.25, 0.3) is 0 Å². The summed E-state index contributed by atoms with van der Waals surface area (Å²) in [5.41, 5.74) is 1.65. The Morgan fingerprint density at radius 3 is 2.16 bits per heavy atom. The minimum atomic E-state index is -2.12. The van der Waals surface area contributed by atoms with Crippen LogP contribution in [-0.2, 0) is 11.3 Å². The number of anilines is 2. The smallest absolute Gasteiger partial charge is 0.259 e. The predicted molar refractivity (Wildman–Crippen MR) is 75.2 cm³/mol. The Morgan fingerprint density at radius 1 is 0.947 bits per heavy atom. The van der Waals surface area contributed by atoms with Gasteiger partial charge in [0.2, 0.25) is 0 Å². The third kappa shape index (κ3) is 3.90. The number of para-hydroxylation sites is 1. The molecule has 1 unspecified atom stereocenters. The van der Waals surface area contributed by atoms with Crippen molar-refractivity contribution >= 4 is 28.5 Å². The van der Waals surface area contributed by atoms with Crippen molar-refractivity contribution < 1.29 is 13.6 Å². The molecule has 0 heterocycles. The van der Waals surface area contributed by atoms with Crippen LogP contribution < -0.4 is 10.0 Å². The zero-order valence-electron chi connectivity index (χ0n) is 9.87. The van der Waals surface area contributed by atoms with E-state index in [-0.39, 0.29) is 5.91 Å². The second-order valence-electron chi connectivity index (χ2n) is 3.75. The van der Waals surface area contributed by atoms with E-state index in [1.165, 1.54) is 0 Å². The second kappa shape index (κ2) is 6.12. The molecule has 3 N–H and O–H groups in total. The van der Waals surface area contributed by atoms with Gasteiger partial charge in [-0.15, -0.1) is 0 Å². The minimum Gasteiger partial charge on any atom is -0.322 e. The van der Waals surface area contributed by atoms with Gasteiger partial charge in [-0.2, -0.15) is 0 Å². The van der Waals surface area contributed by atoms with E-state index in [2.05, 4.69) is 10.0 Å². The highest BCUT2D eigenvalue weighted by molar-refractivity contribution is 7.80. The number of benzene rings is 2. The molecule has 98 valence electrons. The average molecular weight is 276 g/mol. The summed E-state index contributed by atoms with van der Waals surface area (Å²) in [6.07, 6.45) is 0. The zero-order chi connectivity index (χ0) is 13.7. The van der Waals surface area contributed by atoms with E-state index in [4.69, 9.17) is 4.55 Å². The van der Waals surface area contributed by atoms with Gasteiger partial charge in [0, 0.05) is 16.9 Å². The Morgan fingerprint density at radius 2 is 1.58 bits per heavy atom. The standard InChI is InChI=1S/C13H12N2O3S/c16-13(14-11-4-2-1-3-5-11)10-6-8-12(9-7-10)15-19(17)18/h1-9,15H,(H,14,16)(H,17,18). The molecule has 0 saturated carbocycles. The van der Waals surface area contributed by atoms with Crippen molar-refractivity contribution in [3.05, 3.63) is 60.2 Å². The van der Waals surface area contributed by atoms with Gasteiger partial charge in [0.05, 0.1) is 0 Å². The number of hydrogen-bond donors (Lipinski definition) is 3. The predicted octanol–water partition coefficient (Wildman–Crippen LogP) is 2.49. The van der Waals surface area contributed by atoms with Crippen LogP contribution in [0.15, 0.2) is 54.6 Å². The highest BCUT2D eigenvalue weighted by atomic mass is 32.2. The van der Waals surface area contributed by atoms with E-state index in [0.717, 1.165) is 0 Å². The molecule has 0 aliphatic heterocycles. The maximum atomic E-state index is 11.9. The van der Waals surface area contributed by atoms with Crippen LogP contribution in [0.2, 0.25) is 0 Å². The summed E-state index contributed by atoms with van der Waals surface area (Å²) in [7, 11) is 0. The van der Waals surface area contributed by atoms with Gasteiger partial charge in [0.1, 0.15) is 0 Å². The fraction of sp³-hybridized carbons (Fsp3) is 0. The van der Waals surface area contributed by atoms with Crippen molar-refractivity contribution in [2.45, 2.75) is 0 Å². The molecule has 0 fully saturated rings. The molecule has 2 aromatic rings. The van der Waals surface area contributed by atoms with E-state index in [1.54, 1.807) is 36.4 Å². The van der Waals surface area contributed by atoms with Gasteiger partial charge in [-0.05, 0) is 36.4 Å². The van der Waals surface area contributed by atoms with E-state index < -0.39 is 11.3 Å². The van der Waals surface area contributed by atoms with Gasteiger partial charge >= 0.3 is 0 Å². The van der Waals surface area contributed by atoms with Crippen molar-refractivity contribution in [3.8, 4) is 0 Å². The van der Waals surface area contributed by atoms with Crippen molar-refractivity contribution in [1.82, 2.24) is 0 Å². The van der Waals surface area contributed by atoms with Crippen LogP contribution in [0, 0.1) is 0 Å². The number of hydrogen-bond acceptors (Lipinski definition) is 2. The highest BCUT2D eigenvalue weighted by Crippen LogP contribution is 2.12. The van der Waals surface area contributed by atoms with E-state index in [9.17, 15) is 9.00 Å². The quantitative estimate of drug-likeness (QED) is 0.751. The second-order valence-corrected chi connectivity index (χ2v) is 4.45. The third-order valence-corrected chi connectivity index (χ3v) is 2.79.